The maximum atomic E-state index is 5.47. The first kappa shape index (κ1) is 16.7. The minimum atomic E-state index is 0.433. The van der Waals surface area contributed by atoms with Gasteiger partial charge < -0.3 is 19.7 Å². The first-order valence-electron chi connectivity index (χ1n) is 8.68. The van der Waals surface area contributed by atoms with Crippen LogP contribution in [0.4, 0.5) is 11.5 Å². The Balaban J connectivity index is 1.58. The molecule has 8 nitrogen and oxygen atoms in total. The standard InChI is InChI=1S/C18H22N6O2/c1-25-12-15-10-17(24-18(22-15)20-13-21-24)19-11-14-4-2-3-5-16(14)23-6-8-26-9-7-23/h2-5,10,13,19H,6-9,11-12H2,1H3. The van der Waals surface area contributed by atoms with Crippen LogP contribution >= 0.6 is 0 Å². The van der Waals surface area contributed by atoms with E-state index in [4.69, 9.17) is 9.47 Å². The Hall–Kier alpha value is -2.71. The van der Waals surface area contributed by atoms with E-state index < -0.39 is 0 Å². The first-order valence-corrected chi connectivity index (χ1v) is 8.68. The number of hydrogen-bond donors (Lipinski definition) is 1. The highest BCUT2D eigenvalue weighted by Crippen LogP contribution is 2.23. The van der Waals surface area contributed by atoms with Gasteiger partial charge in [-0.3, -0.25) is 0 Å². The van der Waals surface area contributed by atoms with Crippen molar-refractivity contribution in [1.82, 2.24) is 19.6 Å². The third kappa shape index (κ3) is 3.47. The second-order valence-corrected chi connectivity index (χ2v) is 6.12. The largest absolute Gasteiger partial charge is 0.378 e. The minimum absolute atomic E-state index is 0.433. The third-order valence-corrected chi connectivity index (χ3v) is 4.40. The number of fused-ring (bicyclic) bond motifs is 1. The Bertz CT molecular complexity index is 875. The molecule has 8 heteroatoms. The smallest absolute Gasteiger partial charge is 0.254 e. The molecule has 0 amide bonds. The molecule has 2 aromatic heterocycles. The molecule has 1 saturated heterocycles. The van der Waals surface area contributed by atoms with Crippen molar-refractivity contribution in [3.8, 4) is 0 Å². The molecule has 3 aromatic rings. The van der Waals surface area contributed by atoms with Crippen molar-refractivity contribution in [2.75, 3.05) is 43.6 Å². The number of rotatable bonds is 6. The Kier molecular flexibility index (Phi) is 4.94. The summed E-state index contributed by atoms with van der Waals surface area (Å²) in [5.74, 6) is 1.40. The Morgan fingerprint density at radius 3 is 2.92 bits per heavy atom. The summed E-state index contributed by atoms with van der Waals surface area (Å²) >= 11 is 0. The number of morpholine rings is 1. The van der Waals surface area contributed by atoms with Gasteiger partial charge in [-0.15, -0.1) is 0 Å². The molecular formula is C18H22N6O2. The summed E-state index contributed by atoms with van der Waals surface area (Å²) in [5.41, 5.74) is 3.29. The number of aromatic nitrogens is 4. The van der Waals surface area contributed by atoms with Gasteiger partial charge in [-0.05, 0) is 11.6 Å². The second kappa shape index (κ2) is 7.67. The molecule has 0 radical (unpaired) electrons. The van der Waals surface area contributed by atoms with Gasteiger partial charge in [0.2, 0.25) is 0 Å². The van der Waals surface area contributed by atoms with Gasteiger partial charge in [0.05, 0.1) is 25.5 Å². The molecule has 0 atom stereocenters. The van der Waals surface area contributed by atoms with Gasteiger partial charge >= 0.3 is 0 Å². The number of nitrogens with one attached hydrogen (secondary N) is 1. The summed E-state index contributed by atoms with van der Waals surface area (Å²) in [6.07, 6.45) is 1.51. The molecule has 1 aliphatic rings. The van der Waals surface area contributed by atoms with Gasteiger partial charge in [-0.25, -0.2) is 4.98 Å². The lowest BCUT2D eigenvalue weighted by molar-refractivity contribution is 0.122. The van der Waals surface area contributed by atoms with Crippen LogP contribution in [0.2, 0.25) is 0 Å². The van der Waals surface area contributed by atoms with E-state index in [1.165, 1.54) is 17.6 Å². The Morgan fingerprint density at radius 1 is 1.23 bits per heavy atom. The van der Waals surface area contributed by atoms with E-state index in [1.807, 2.05) is 6.07 Å². The van der Waals surface area contributed by atoms with Gasteiger partial charge in [-0.2, -0.15) is 14.6 Å². The zero-order valence-corrected chi connectivity index (χ0v) is 14.8. The van der Waals surface area contributed by atoms with E-state index >= 15 is 0 Å². The second-order valence-electron chi connectivity index (χ2n) is 6.12. The fraction of sp³-hybridized carbons (Fsp3) is 0.389. The molecule has 26 heavy (non-hydrogen) atoms. The number of anilines is 2. The van der Waals surface area contributed by atoms with E-state index in [1.54, 1.807) is 11.6 Å². The topological polar surface area (TPSA) is 76.8 Å². The summed E-state index contributed by atoms with van der Waals surface area (Å²) in [5, 5.41) is 7.73. The lowest BCUT2D eigenvalue weighted by Gasteiger charge is -2.30. The maximum absolute atomic E-state index is 5.47. The molecule has 1 aromatic carbocycles. The minimum Gasteiger partial charge on any atom is -0.378 e. The monoisotopic (exact) mass is 354 g/mol. The van der Waals surface area contributed by atoms with Gasteiger partial charge in [0.1, 0.15) is 12.1 Å². The predicted octanol–water partition coefficient (Wildman–Crippen LogP) is 1.72. The molecule has 3 heterocycles. The average molecular weight is 354 g/mol. The van der Waals surface area contributed by atoms with Crippen molar-refractivity contribution >= 4 is 17.3 Å². The SMILES string of the molecule is COCc1cc(NCc2ccccc2N2CCOCC2)n2ncnc2n1. The van der Waals surface area contributed by atoms with E-state index in [0.29, 0.717) is 18.9 Å². The summed E-state index contributed by atoms with van der Waals surface area (Å²) < 4.78 is 12.4. The van der Waals surface area contributed by atoms with Crippen LogP contribution in [0.25, 0.3) is 5.78 Å². The van der Waals surface area contributed by atoms with E-state index in [2.05, 4.69) is 49.5 Å². The molecule has 136 valence electrons. The van der Waals surface area contributed by atoms with Crippen molar-refractivity contribution in [3.63, 3.8) is 0 Å². The van der Waals surface area contributed by atoms with Gasteiger partial charge in [0, 0.05) is 38.5 Å². The lowest BCUT2D eigenvalue weighted by atomic mass is 10.1. The van der Waals surface area contributed by atoms with Crippen LogP contribution in [0.1, 0.15) is 11.3 Å². The zero-order chi connectivity index (χ0) is 17.8. The highest BCUT2D eigenvalue weighted by Gasteiger charge is 2.15. The van der Waals surface area contributed by atoms with Crippen LogP contribution in [-0.2, 0) is 22.6 Å². The van der Waals surface area contributed by atoms with Crippen LogP contribution < -0.4 is 10.2 Å². The van der Waals surface area contributed by atoms with E-state index in [9.17, 15) is 0 Å². The third-order valence-electron chi connectivity index (χ3n) is 4.40. The van der Waals surface area contributed by atoms with Crippen molar-refractivity contribution in [2.24, 2.45) is 0 Å². The van der Waals surface area contributed by atoms with E-state index in [-0.39, 0.29) is 0 Å². The number of benzene rings is 1. The predicted molar refractivity (Wildman–Crippen MR) is 98.3 cm³/mol. The summed E-state index contributed by atoms with van der Waals surface area (Å²) in [6, 6.07) is 10.4. The Labute approximate surface area is 151 Å². The van der Waals surface area contributed by atoms with Crippen LogP contribution in [0, 0.1) is 0 Å². The molecular weight excluding hydrogens is 332 g/mol. The quantitative estimate of drug-likeness (QED) is 0.722. The van der Waals surface area contributed by atoms with Crippen molar-refractivity contribution in [3.05, 3.63) is 47.9 Å². The maximum Gasteiger partial charge on any atom is 0.254 e. The van der Waals surface area contributed by atoms with Crippen LogP contribution in [0.5, 0.6) is 0 Å². The van der Waals surface area contributed by atoms with Crippen molar-refractivity contribution in [2.45, 2.75) is 13.2 Å². The van der Waals surface area contributed by atoms with Crippen LogP contribution in [-0.4, -0.2) is 53.0 Å². The summed E-state index contributed by atoms with van der Waals surface area (Å²) in [7, 11) is 1.65. The number of methoxy groups -OCH3 is 1. The van der Waals surface area contributed by atoms with Crippen LogP contribution in [0.15, 0.2) is 36.7 Å². The fourth-order valence-electron chi connectivity index (χ4n) is 3.17. The molecule has 0 saturated carbocycles. The number of hydrogen-bond acceptors (Lipinski definition) is 7. The lowest BCUT2D eigenvalue weighted by Crippen LogP contribution is -2.36. The number of para-hydroxylation sites is 1. The average Bonchev–Trinajstić information content (AvgIpc) is 3.16. The highest BCUT2D eigenvalue weighted by atomic mass is 16.5. The summed E-state index contributed by atoms with van der Waals surface area (Å²) in [6.45, 7) is 4.48. The fourth-order valence-corrected chi connectivity index (χ4v) is 3.17. The highest BCUT2D eigenvalue weighted by molar-refractivity contribution is 5.55. The molecule has 0 bridgehead atoms. The molecule has 0 aliphatic carbocycles. The van der Waals surface area contributed by atoms with Crippen LogP contribution in [0.3, 0.4) is 0 Å². The Morgan fingerprint density at radius 2 is 2.08 bits per heavy atom. The zero-order valence-electron chi connectivity index (χ0n) is 14.8. The first-order chi connectivity index (χ1) is 12.8. The number of nitrogens with zero attached hydrogens (tertiary/aromatic N) is 5. The summed E-state index contributed by atoms with van der Waals surface area (Å²) in [4.78, 5) is 11.0. The molecule has 1 fully saturated rings. The molecule has 0 unspecified atom stereocenters. The van der Waals surface area contributed by atoms with Crippen molar-refractivity contribution in [1.29, 1.82) is 0 Å². The normalized spacial score (nSPS) is 14.7. The van der Waals surface area contributed by atoms with Gasteiger partial charge in [-0.1, -0.05) is 18.2 Å². The van der Waals surface area contributed by atoms with Gasteiger partial charge in [0.15, 0.2) is 0 Å². The van der Waals surface area contributed by atoms with Crippen molar-refractivity contribution < 1.29 is 9.47 Å². The molecule has 0 spiro atoms. The van der Waals surface area contributed by atoms with Gasteiger partial charge in [0.25, 0.3) is 5.78 Å². The molecule has 1 N–H and O–H groups in total. The van der Waals surface area contributed by atoms with E-state index in [0.717, 1.165) is 37.8 Å². The molecule has 1 aliphatic heterocycles. The molecule has 4 rings (SSSR count). The number of ether oxygens (including phenoxy) is 2.